The lowest BCUT2D eigenvalue weighted by molar-refractivity contribution is -0.121. The Hall–Kier alpha value is -1.05. The van der Waals surface area contributed by atoms with E-state index in [1.165, 1.54) is 64.2 Å². The Balaban J connectivity index is 3.20. The van der Waals surface area contributed by atoms with E-state index in [-0.39, 0.29) is 5.91 Å². The van der Waals surface area contributed by atoms with Gasteiger partial charge in [-0.3, -0.25) is 4.79 Å². The first-order chi connectivity index (χ1) is 12.3. The molecule has 0 heterocycles. The first kappa shape index (κ1) is 23.9. The molecule has 0 saturated heterocycles. The topological polar surface area (TPSA) is 29.1 Å². The van der Waals surface area contributed by atoms with Gasteiger partial charge in [-0.15, -0.1) is 0 Å². The molecule has 0 aromatic carbocycles. The van der Waals surface area contributed by atoms with Gasteiger partial charge in [0.1, 0.15) is 0 Å². The number of nitrogens with one attached hydrogen (secondary N) is 1. The Kier molecular flexibility index (Phi) is 20.1. The summed E-state index contributed by atoms with van der Waals surface area (Å²) >= 11 is 0. The third kappa shape index (κ3) is 20.9. The van der Waals surface area contributed by atoms with Gasteiger partial charge in [0, 0.05) is 13.0 Å². The van der Waals surface area contributed by atoms with Crippen LogP contribution >= 0.6 is 0 Å². The van der Waals surface area contributed by atoms with Crippen molar-refractivity contribution in [2.45, 2.75) is 110 Å². The van der Waals surface area contributed by atoms with Crippen molar-refractivity contribution < 1.29 is 4.79 Å². The highest BCUT2D eigenvalue weighted by atomic mass is 16.1. The first-order valence-electron chi connectivity index (χ1n) is 10.9. The Bertz CT molecular complexity index is 333. The summed E-state index contributed by atoms with van der Waals surface area (Å²) in [6.07, 6.45) is 27.3. The van der Waals surface area contributed by atoms with E-state index in [0.717, 1.165) is 32.2 Å². The van der Waals surface area contributed by atoms with Gasteiger partial charge in [0.05, 0.1) is 0 Å². The van der Waals surface area contributed by atoms with Crippen LogP contribution in [0.2, 0.25) is 0 Å². The average molecular weight is 350 g/mol. The Labute approximate surface area is 157 Å². The minimum atomic E-state index is 0.226. The number of rotatable bonds is 18. The van der Waals surface area contributed by atoms with E-state index in [9.17, 15) is 4.79 Å². The largest absolute Gasteiger partial charge is 0.356 e. The molecule has 0 radical (unpaired) electrons. The smallest absolute Gasteiger partial charge is 0.219 e. The molecule has 0 spiro atoms. The second kappa shape index (κ2) is 21.0. The Morgan fingerprint density at radius 2 is 1.24 bits per heavy atom. The molecule has 0 fully saturated rings. The van der Waals surface area contributed by atoms with Gasteiger partial charge in [-0.2, -0.15) is 0 Å². The van der Waals surface area contributed by atoms with Crippen molar-refractivity contribution in [1.29, 1.82) is 0 Å². The van der Waals surface area contributed by atoms with E-state index in [1.807, 2.05) is 0 Å². The maximum Gasteiger partial charge on any atom is 0.219 e. The fourth-order valence-corrected chi connectivity index (χ4v) is 2.77. The van der Waals surface area contributed by atoms with Crippen LogP contribution in [0, 0.1) is 0 Å². The average Bonchev–Trinajstić information content (AvgIpc) is 2.62. The van der Waals surface area contributed by atoms with E-state index in [1.54, 1.807) is 0 Å². The van der Waals surface area contributed by atoms with Crippen LogP contribution in [0.1, 0.15) is 110 Å². The molecular formula is C23H43NO. The second-order valence-electron chi connectivity index (χ2n) is 7.04. The molecule has 0 bridgehead atoms. The van der Waals surface area contributed by atoms with Crippen molar-refractivity contribution in [3.05, 3.63) is 24.3 Å². The maximum absolute atomic E-state index is 11.4. The molecule has 0 aromatic heterocycles. The van der Waals surface area contributed by atoms with Crippen molar-refractivity contribution in [1.82, 2.24) is 5.32 Å². The molecule has 0 atom stereocenters. The van der Waals surface area contributed by atoms with Gasteiger partial charge in [0.25, 0.3) is 0 Å². The van der Waals surface area contributed by atoms with Gasteiger partial charge in [-0.05, 0) is 44.9 Å². The van der Waals surface area contributed by atoms with Crippen LogP contribution < -0.4 is 5.32 Å². The van der Waals surface area contributed by atoms with Crippen LogP contribution in [0.5, 0.6) is 0 Å². The monoisotopic (exact) mass is 349 g/mol. The predicted molar refractivity (Wildman–Crippen MR) is 112 cm³/mol. The van der Waals surface area contributed by atoms with Crippen LogP contribution in [0.3, 0.4) is 0 Å². The first-order valence-corrected chi connectivity index (χ1v) is 10.9. The summed E-state index contributed by atoms with van der Waals surface area (Å²) in [5.74, 6) is 0.226. The van der Waals surface area contributed by atoms with E-state index in [4.69, 9.17) is 0 Å². The van der Waals surface area contributed by atoms with Crippen molar-refractivity contribution in [3.63, 3.8) is 0 Å². The highest BCUT2D eigenvalue weighted by Crippen LogP contribution is 2.08. The van der Waals surface area contributed by atoms with Crippen molar-refractivity contribution in [2.24, 2.45) is 0 Å². The molecule has 0 saturated carbocycles. The van der Waals surface area contributed by atoms with Crippen molar-refractivity contribution >= 4 is 5.91 Å². The summed E-state index contributed by atoms with van der Waals surface area (Å²) in [5.41, 5.74) is 0. The number of carbonyl (C=O) groups is 1. The number of unbranched alkanes of at least 4 members (excludes halogenated alkanes) is 10. The SMILES string of the molecule is CCCCC/C=C\C/C=C\CCCCCCCCNC(=O)CCCC. The molecule has 0 unspecified atom stereocenters. The molecule has 2 nitrogen and oxygen atoms in total. The minimum absolute atomic E-state index is 0.226. The van der Waals surface area contributed by atoms with Gasteiger partial charge >= 0.3 is 0 Å². The number of amides is 1. The number of allylic oxidation sites excluding steroid dienone is 4. The normalized spacial score (nSPS) is 11.6. The lowest BCUT2D eigenvalue weighted by atomic mass is 10.1. The van der Waals surface area contributed by atoms with E-state index >= 15 is 0 Å². The maximum atomic E-state index is 11.4. The molecule has 2 heteroatoms. The molecule has 146 valence electrons. The van der Waals surface area contributed by atoms with Crippen LogP contribution in [0.4, 0.5) is 0 Å². The molecule has 1 N–H and O–H groups in total. The summed E-state index contributed by atoms with van der Waals surface area (Å²) in [7, 11) is 0. The van der Waals surface area contributed by atoms with Crippen molar-refractivity contribution in [3.8, 4) is 0 Å². The quantitative estimate of drug-likeness (QED) is 0.207. The van der Waals surface area contributed by atoms with Gasteiger partial charge in [0.2, 0.25) is 5.91 Å². The fraction of sp³-hybridized carbons (Fsp3) is 0.783. The highest BCUT2D eigenvalue weighted by Gasteiger charge is 1.98. The molecule has 0 aromatic rings. The summed E-state index contributed by atoms with van der Waals surface area (Å²) in [6, 6.07) is 0. The summed E-state index contributed by atoms with van der Waals surface area (Å²) in [6.45, 7) is 5.23. The summed E-state index contributed by atoms with van der Waals surface area (Å²) < 4.78 is 0. The summed E-state index contributed by atoms with van der Waals surface area (Å²) in [5, 5.41) is 3.01. The van der Waals surface area contributed by atoms with E-state index in [0.29, 0.717) is 6.42 Å². The highest BCUT2D eigenvalue weighted by molar-refractivity contribution is 5.75. The van der Waals surface area contributed by atoms with Crippen LogP contribution in [0.15, 0.2) is 24.3 Å². The zero-order chi connectivity index (χ0) is 18.4. The van der Waals surface area contributed by atoms with Crippen molar-refractivity contribution in [2.75, 3.05) is 6.54 Å². The van der Waals surface area contributed by atoms with Gasteiger partial charge in [-0.1, -0.05) is 83.1 Å². The standard InChI is InChI=1S/C23H43NO/c1-3-5-7-8-9-10-11-12-13-14-15-16-17-18-19-20-22-24-23(25)21-6-4-2/h9-10,12-13H,3-8,11,14-22H2,1-2H3,(H,24,25)/b10-9-,13-12-. The number of hydrogen-bond acceptors (Lipinski definition) is 1. The second-order valence-corrected chi connectivity index (χ2v) is 7.04. The van der Waals surface area contributed by atoms with Gasteiger partial charge < -0.3 is 5.32 Å². The van der Waals surface area contributed by atoms with Crippen LogP contribution in [-0.4, -0.2) is 12.5 Å². The molecular weight excluding hydrogens is 306 g/mol. The summed E-state index contributed by atoms with van der Waals surface area (Å²) in [4.78, 5) is 11.4. The van der Waals surface area contributed by atoms with Gasteiger partial charge in [0.15, 0.2) is 0 Å². The third-order valence-corrected chi connectivity index (χ3v) is 4.46. The molecule has 0 aliphatic heterocycles. The predicted octanol–water partition coefficient (Wildman–Crippen LogP) is 7.11. The third-order valence-electron chi connectivity index (χ3n) is 4.46. The molecule has 0 aliphatic carbocycles. The van der Waals surface area contributed by atoms with Gasteiger partial charge in [-0.25, -0.2) is 0 Å². The minimum Gasteiger partial charge on any atom is -0.356 e. The molecule has 0 aliphatic rings. The van der Waals surface area contributed by atoms with E-state index in [2.05, 4.69) is 43.5 Å². The number of carbonyl (C=O) groups excluding carboxylic acids is 1. The molecule has 25 heavy (non-hydrogen) atoms. The Morgan fingerprint density at radius 3 is 1.88 bits per heavy atom. The van der Waals surface area contributed by atoms with Crippen LogP contribution in [-0.2, 0) is 4.79 Å². The lowest BCUT2D eigenvalue weighted by Crippen LogP contribution is -2.23. The zero-order valence-corrected chi connectivity index (χ0v) is 17.0. The molecule has 1 amide bonds. The lowest BCUT2D eigenvalue weighted by Gasteiger charge is -2.04. The van der Waals surface area contributed by atoms with E-state index < -0.39 is 0 Å². The zero-order valence-electron chi connectivity index (χ0n) is 17.0. The fourth-order valence-electron chi connectivity index (χ4n) is 2.77. The molecule has 0 rings (SSSR count). The Morgan fingerprint density at radius 1 is 0.680 bits per heavy atom. The number of hydrogen-bond donors (Lipinski definition) is 1. The van der Waals surface area contributed by atoms with Crippen LogP contribution in [0.25, 0.3) is 0 Å².